The molecule has 0 aromatic carbocycles. The predicted molar refractivity (Wildman–Crippen MR) is 80.4 cm³/mol. The van der Waals surface area contributed by atoms with Crippen molar-refractivity contribution in [1.82, 2.24) is 9.62 Å². The van der Waals surface area contributed by atoms with Gasteiger partial charge in [-0.3, -0.25) is 4.79 Å². The van der Waals surface area contributed by atoms with Gasteiger partial charge in [0, 0.05) is 25.7 Å². The van der Waals surface area contributed by atoms with Crippen molar-refractivity contribution in [2.24, 2.45) is 5.92 Å². The van der Waals surface area contributed by atoms with E-state index in [1.54, 1.807) is 11.2 Å². The van der Waals surface area contributed by atoms with Crippen LogP contribution in [0.1, 0.15) is 39.0 Å². The minimum Gasteiger partial charge on any atom is -0.380 e. The number of hydrogen-bond donors (Lipinski definition) is 1. The van der Waals surface area contributed by atoms with Crippen LogP contribution in [0, 0.1) is 5.92 Å². The summed E-state index contributed by atoms with van der Waals surface area (Å²) in [5.74, 6) is -0.168. The topological polar surface area (TPSA) is 75.7 Å². The van der Waals surface area contributed by atoms with Crippen molar-refractivity contribution >= 4 is 15.9 Å². The first-order valence-electron chi connectivity index (χ1n) is 7.91. The van der Waals surface area contributed by atoms with E-state index < -0.39 is 10.0 Å². The second kappa shape index (κ2) is 7.56. The Morgan fingerprint density at radius 1 is 1.24 bits per heavy atom. The lowest BCUT2D eigenvalue weighted by molar-refractivity contribution is -0.127. The first kappa shape index (κ1) is 16.7. The molecule has 2 aliphatic rings. The number of amides is 1. The molecule has 1 N–H and O–H groups in total. The van der Waals surface area contributed by atoms with Crippen molar-refractivity contribution in [2.75, 3.05) is 32.1 Å². The minimum absolute atomic E-state index is 0.0264. The maximum Gasteiger partial charge on any atom is 0.224 e. The number of nitrogens with one attached hydrogen (secondary N) is 1. The normalized spacial score (nSPS) is 30.0. The first-order valence-corrected chi connectivity index (χ1v) is 9.52. The molecule has 1 aliphatic carbocycles. The maximum absolute atomic E-state index is 12.4. The van der Waals surface area contributed by atoms with Crippen LogP contribution in [-0.2, 0) is 19.6 Å². The largest absolute Gasteiger partial charge is 0.380 e. The zero-order chi connectivity index (χ0) is 15.3. The lowest BCUT2D eigenvalue weighted by atomic mass is 9.83. The lowest BCUT2D eigenvalue weighted by Gasteiger charge is -2.38. The Labute approximate surface area is 127 Å². The molecule has 0 aromatic heterocycles. The summed E-state index contributed by atoms with van der Waals surface area (Å²) >= 11 is 0. The van der Waals surface area contributed by atoms with Gasteiger partial charge in [0.15, 0.2) is 0 Å². The van der Waals surface area contributed by atoms with E-state index in [1.807, 2.05) is 0 Å². The average molecular weight is 318 g/mol. The Bertz CT molecular complexity index is 452. The first-order chi connectivity index (χ1) is 10.1. The van der Waals surface area contributed by atoms with E-state index in [4.69, 9.17) is 4.74 Å². The molecule has 7 heteroatoms. The van der Waals surface area contributed by atoms with Crippen LogP contribution in [-0.4, -0.2) is 56.7 Å². The molecule has 2 atom stereocenters. The van der Waals surface area contributed by atoms with Gasteiger partial charge in [-0.05, 0) is 26.2 Å². The highest BCUT2D eigenvalue weighted by atomic mass is 32.2. The second-order valence-electron chi connectivity index (χ2n) is 5.73. The van der Waals surface area contributed by atoms with Crippen molar-refractivity contribution in [3.63, 3.8) is 0 Å². The van der Waals surface area contributed by atoms with Gasteiger partial charge >= 0.3 is 0 Å². The molecule has 0 unspecified atom stereocenters. The third kappa shape index (κ3) is 4.17. The lowest BCUT2D eigenvalue weighted by Crippen LogP contribution is -2.51. The highest BCUT2D eigenvalue weighted by Crippen LogP contribution is 2.31. The van der Waals surface area contributed by atoms with Crippen LogP contribution >= 0.6 is 0 Å². The van der Waals surface area contributed by atoms with Crippen LogP contribution in [0.3, 0.4) is 0 Å². The average Bonchev–Trinajstić information content (AvgIpc) is 2.52. The summed E-state index contributed by atoms with van der Waals surface area (Å²) in [6.07, 6.45) is 4.20. The van der Waals surface area contributed by atoms with Crippen molar-refractivity contribution < 1.29 is 17.9 Å². The van der Waals surface area contributed by atoms with E-state index >= 15 is 0 Å². The Morgan fingerprint density at radius 2 is 2.00 bits per heavy atom. The second-order valence-corrected chi connectivity index (χ2v) is 7.94. The maximum atomic E-state index is 12.4. The number of ether oxygens (including phenoxy) is 1. The molecular weight excluding hydrogens is 292 g/mol. The zero-order valence-electron chi connectivity index (χ0n) is 12.7. The summed E-state index contributed by atoms with van der Waals surface area (Å²) in [7, 11) is -3.30. The summed E-state index contributed by atoms with van der Waals surface area (Å²) in [5.41, 5.74) is 0. The Balaban J connectivity index is 2.26. The Morgan fingerprint density at radius 3 is 2.76 bits per heavy atom. The molecule has 2 fully saturated rings. The number of carbonyl (C=O) groups excluding carboxylic acids is 1. The third-order valence-corrected chi connectivity index (χ3v) is 6.27. The van der Waals surface area contributed by atoms with E-state index in [2.05, 4.69) is 5.32 Å². The predicted octanol–water partition coefficient (Wildman–Crippen LogP) is 0.733. The van der Waals surface area contributed by atoms with Gasteiger partial charge in [0.05, 0.1) is 18.3 Å². The molecule has 1 saturated carbocycles. The summed E-state index contributed by atoms with van der Waals surface area (Å²) in [6, 6.07) is -0.193. The standard InChI is InChI=1S/C14H26N2O4S/c1-2-21(18,19)16-9-5-10-20-11-8-15-14(17)12-6-3-4-7-13(12)16/h12-13H,2-11H2,1H3,(H,15,17)/t12-,13+/m1/s1. The molecule has 1 heterocycles. The molecular formula is C14H26N2O4S. The van der Waals surface area contributed by atoms with Crippen LogP contribution < -0.4 is 5.32 Å². The monoisotopic (exact) mass is 318 g/mol. The van der Waals surface area contributed by atoms with Gasteiger partial charge < -0.3 is 10.1 Å². The van der Waals surface area contributed by atoms with Crippen LogP contribution in [0.4, 0.5) is 0 Å². The molecule has 0 spiro atoms. The molecule has 6 nitrogen and oxygen atoms in total. The summed E-state index contributed by atoms with van der Waals surface area (Å²) in [5, 5.41) is 2.88. The number of carbonyl (C=O) groups is 1. The van der Waals surface area contributed by atoms with Gasteiger partial charge in [-0.15, -0.1) is 0 Å². The number of rotatable bonds is 2. The summed E-state index contributed by atoms with van der Waals surface area (Å²) in [4.78, 5) is 12.4. The quantitative estimate of drug-likeness (QED) is 0.814. The van der Waals surface area contributed by atoms with Gasteiger partial charge in [0.1, 0.15) is 0 Å². The Kier molecular flexibility index (Phi) is 6.01. The molecule has 0 aromatic rings. The molecule has 0 radical (unpaired) electrons. The molecule has 1 aliphatic heterocycles. The van der Waals surface area contributed by atoms with Gasteiger partial charge in [-0.1, -0.05) is 12.8 Å². The molecule has 21 heavy (non-hydrogen) atoms. The fourth-order valence-corrected chi connectivity index (χ4v) is 4.64. The van der Waals surface area contributed by atoms with Gasteiger partial charge in [-0.2, -0.15) is 4.31 Å². The van der Waals surface area contributed by atoms with Crippen molar-refractivity contribution in [1.29, 1.82) is 0 Å². The summed E-state index contributed by atoms with van der Waals surface area (Å²) in [6.45, 7) is 3.63. The highest BCUT2D eigenvalue weighted by molar-refractivity contribution is 7.89. The fraction of sp³-hybridized carbons (Fsp3) is 0.929. The smallest absolute Gasteiger partial charge is 0.224 e. The number of fused-ring (bicyclic) bond motifs is 1. The third-order valence-electron chi connectivity index (χ3n) is 4.37. The van der Waals surface area contributed by atoms with Crippen LogP contribution in [0.15, 0.2) is 0 Å². The van der Waals surface area contributed by atoms with E-state index in [1.165, 1.54) is 0 Å². The van der Waals surface area contributed by atoms with Crippen molar-refractivity contribution in [2.45, 2.75) is 45.1 Å². The van der Waals surface area contributed by atoms with Gasteiger partial charge in [0.25, 0.3) is 0 Å². The van der Waals surface area contributed by atoms with Crippen molar-refractivity contribution in [3.05, 3.63) is 0 Å². The number of nitrogens with zero attached hydrogens (tertiary/aromatic N) is 1. The minimum atomic E-state index is -3.30. The Hall–Kier alpha value is -0.660. The molecule has 0 bridgehead atoms. The highest BCUT2D eigenvalue weighted by Gasteiger charge is 2.39. The summed E-state index contributed by atoms with van der Waals surface area (Å²) < 4.78 is 31.8. The van der Waals surface area contributed by atoms with E-state index in [0.29, 0.717) is 32.7 Å². The van der Waals surface area contributed by atoms with E-state index in [-0.39, 0.29) is 23.6 Å². The van der Waals surface area contributed by atoms with Gasteiger partial charge in [0.2, 0.25) is 15.9 Å². The van der Waals surface area contributed by atoms with E-state index in [0.717, 1.165) is 25.7 Å². The van der Waals surface area contributed by atoms with Crippen molar-refractivity contribution in [3.8, 4) is 0 Å². The van der Waals surface area contributed by atoms with Gasteiger partial charge in [-0.25, -0.2) is 8.42 Å². The van der Waals surface area contributed by atoms with Crippen LogP contribution in [0.5, 0.6) is 0 Å². The zero-order valence-corrected chi connectivity index (χ0v) is 13.5. The molecule has 1 saturated heterocycles. The molecule has 2 rings (SSSR count). The SMILES string of the molecule is CCS(=O)(=O)N1CCCOCCNC(=O)[C@@H]2CCCC[C@@H]21. The van der Waals surface area contributed by atoms with E-state index in [9.17, 15) is 13.2 Å². The number of sulfonamides is 1. The van der Waals surface area contributed by atoms with Crippen LogP contribution in [0.2, 0.25) is 0 Å². The van der Waals surface area contributed by atoms with Crippen LogP contribution in [0.25, 0.3) is 0 Å². The molecule has 1 amide bonds. The number of hydrogen-bond acceptors (Lipinski definition) is 4. The fourth-order valence-electron chi connectivity index (χ4n) is 3.24. The molecule has 122 valence electrons.